The number of nitrogens with zero attached hydrogens (tertiary/aromatic N) is 4. The molecule has 0 unspecified atom stereocenters. The normalized spacial score (nSPS) is 10.3. The highest BCUT2D eigenvalue weighted by molar-refractivity contribution is 7.17. The predicted octanol–water partition coefficient (Wildman–Crippen LogP) is 3.28. The number of benzene rings is 1. The van der Waals surface area contributed by atoms with E-state index in [2.05, 4.69) is 27.5 Å². The minimum Gasteiger partial charge on any atom is -0.250 e. The molecule has 2 aromatic heterocycles. The SMILES string of the molecule is CN(C#N)c1ncc(-c2csc3ccccc23)cn1. The van der Waals surface area contributed by atoms with E-state index in [-0.39, 0.29) is 0 Å². The van der Waals surface area contributed by atoms with Crippen LogP contribution in [0.2, 0.25) is 0 Å². The lowest BCUT2D eigenvalue weighted by Gasteiger charge is -2.06. The Morgan fingerprint density at radius 1 is 1.21 bits per heavy atom. The molecule has 0 spiro atoms. The Morgan fingerprint density at radius 2 is 1.95 bits per heavy atom. The van der Waals surface area contributed by atoms with E-state index < -0.39 is 0 Å². The molecule has 0 aliphatic rings. The zero-order valence-electron chi connectivity index (χ0n) is 10.2. The van der Waals surface area contributed by atoms with Gasteiger partial charge in [-0.05, 0) is 11.4 Å². The number of fused-ring (bicyclic) bond motifs is 1. The Bertz CT molecular complexity index is 755. The summed E-state index contributed by atoms with van der Waals surface area (Å²) >= 11 is 1.71. The average molecular weight is 266 g/mol. The number of rotatable bonds is 2. The Hall–Kier alpha value is -2.45. The Morgan fingerprint density at radius 3 is 2.68 bits per heavy atom. The predicted molar refractivity (Wildman–Crippen MR) is 76.9 cm³/mol. The summed E-state index contributed by atoms with van der Waals surface area (Å²) in [6.45, 7) is 0. The van der Waals surface area contributed by atoms with Crippen LogP contribution in [-0.4, -0.2) is 17.0 Å². The van der Waals surface area contributed by atoms with E-state index >= 15 is 0 Å². The molecule has 3 rings (SSSR count). The molecule has 0 aliphatic carbocycles. The van der Waals surface area contributed by atoms with Crippen molar-refractivity contribution >= 4 is 27.4 Å². The molecule has 1 aromatic carbocycles. The van der Waals surface area contributed by atoms with E-state index in [1.54, 1.807) is 30.8 Å². The molecule has 3 aromatic rings. The molecule has 0 N–H and O–H groups in total. The van der Waals surface area contributed by atoms with Gasteiger partial charge in [0.25, 0.3) is 0 Å². The average Bonchev–Trinajstić information content (AvgIpc) is 2.90. The van der Waals surface area contributed by atoms with Crippen LogP contribution in [0.3, 0.4) is 0 Å². The minimum atomic E-state index is 0.408. The van der Waals surface area contributed by atoms with Crippen LogP contribution in [0.1, 0.15) is 0 Å². The van der Waals surface area contributed by atoms with Crippen LogP contribution in [0.25, 0.3) is 21.2 Å². The maximum absolute atomic E-state index is 8.78. The van der Waals surface area contributed by atoms with Gasteiger partial charge in [-0.1, -0.05) is 18.2 Å². The monoisotopic (exact) mass is 266 g/mol. The third-order valence-corrected chi connectivity index (χ3v) is 3.84. The number of nitriles is 1. The molecule has 0 saturated heterocycles. The van der Waals surface area contributed by atoms with Crippen molar-refractivity contribution in [3.8, 4) is 17.3 Å². The molecule has 92 valence electrons. The summed E-state index contributed by atoms with van der Waals surface area (Å²) < 4.78 is 1.25. The van der Waals surface area contributed by atoms with Crippen molar-refractivity contribution in [1.82, 2.24) is 9.97 Å². The number of aromatic nitrogens is 2. The fourth-order valence-electron chi connectivity index (χ4n) is 1.88. The molecule has 0 aliphatic heterocycles. The maximum Gasteiger partial charge on any atom is 0.238 e. The quantitative estimate of drug-likeness (QED) is 0.527. The molecule has 2 heterocycles. The summed E-state index contributed by atoms with van der Waals surface area (Å²) in [5, 5.41) is 12.1. The standard InChI is InChI=1S/C14H10N4S/c1-18(9-15)14-16-6-10(7-17-14)12-8-19-13-5-3-2-4-11(12)13/h2-8H,1H3. The third kappa shape index (κ3) is 2.02. The number of hydrogen-bond donors (Lipinski definition) is 0. The molecule has 0 saturated carbocycles. The zero-order chi connectivity index (χ0) is 13.2. The highest BCUT2D eigenvalue weighted by atomic mass is 32.1. The van der Waals surface area contributed by atoms with E-state index in [1.165, 1.54) is 15.0 Å². The van der Waals surface area contributed by atoms with Gasteiger partial charge in [-0.15, -0.1) is 11.3 Å². The van der Waals surface area contributed by atoms with Crippen LogP contribution in [0.5, 0.6) is 0 Å². The minimum absolute atomic E-state index is 0.408. The van der Waals surface area contributed by atoms with Crippen molar-refractivity contribution in [2.45, 2.75) is 0 Å². The van der Waals surface area contributed by atoms with Gasteiger partial charge in [0.1, 0.15) is 0 Å². The number of thiophene rings is 1. The van der Waals surface area contributed by atoms with Crippen LogP contribution in [0, 0.1) is 11.5 Å². The zero-order valence-corrected chi connectivity index (χ0v) is 11.1. The lowest BCUT2D eigenvalue weighted by Crippen LogP contribution is -2.11. The second-order valence-corrected chi connectivity index (χ2v) is 4.99. The third-order valence-electron chi connectivity index (χ3n) is 2.88. The van der Waals surface area contributed by atoms with E-state index in [1.807, 2.05) is 18.3 Å². The van der Waals surface area contributed by atoms with Gasteiger partial charge in [-0.2, -0.15) is 5.26 Å². The molecule has 5 heteroatoms. The van der Waals surface area contributed by atoms with Crippen molar-refractivity contribution in [3.05, 3.63) is 42.0 Å². The summed E-state index contributed by atoms with van der Waals surface area (Å²) in [5.41, 5.74) is 2.10. The van der Waals surface area contributed by atoms with Gasteiger partial charge in [-0.25, -0.2) is 9.97 Å². The van der Waals surface area contributed by atoms with E-state index in [9.17, 15) is 0 Å². The molecular formula is C14H10N4S. The van der Waals surface area contributed by atoms with Gasteiger partial charge < -0.3 is 0 Å². The fourth-order valence-corrected chi connectivity index (χ4v) is 2.85. The van der Waals surface area contributed by atoms with Crippen LogP contribution >= 0.6 is 11.3 Å². The van der Waals surface area contributed by atoms with Gasteiger partial charge in [0, 0.05) is 40.7 Å². The first-order valence-corrected chi connectivity index (χ1v) is 6.59. The molecule has 4 nitrogen and oxygen atoms in total. The van der Waals surface area contributed by atoms with Gasteiger partial charge in [0.2, 0.25) is 5.95 Å². The second-order valence-electron chi connectivity index (χ2n) is 4.08. The summed E-state index contributed by atoms with van der Waals surface area (Å²) in [4.78, 5) is 9.75. The van der Waals surface area contributed by atoms with Crippen molar-refractivity contribution in [3.63, 3.8) is 0 Å². The lowest BCUT2D eigenvalue weighted by atomic mass is 10.1. The Kier molecular flexibility index (Phi) is 2.86. The molecule has 0 fully saturated rings. The number of anilines is 1. The van der Waals surface area contributed by atoms with Gasteiger partial charge in [0.05, 0.1) is 0 Å². The van der Waals surface area contributed by atoms with Crippen LogP contribution in [-0.2, 0) is 0 Å². The van der Waals surface area contributed by atoms with Crippen LogP contribution in [0.15, 0.2) is 42.0 Å². The summed E-state index contributed by atoms with van der Waals surface area (Å²) in [6.07, 6.45) is 5.48. The second kappa shape index (κ2) is 4.67. The first kappa shape index (κ1) is 11.6. The number of hydrogen-bond acceptors (Lipinski definition) is 5. The van der Waals surface area contributed by atoms with Crippen molar-refractivity contribution in [2.75, 3.05) is 11.9 Å². The molecule has 0 radical (unpaired) electrons. The van der Waals surface area contributed by atoms with Crippen LogP contribution in [0.4, 0.5) is 5.95 Å². The van der Waals surface area contributed by atoms with Crippen LogP contribution < -0.4 is 4.90 Å². The van der Waals surface area contributed by atoms with Gasteiger partial charge in [-0.3, -0.25) is 4.90 Å². The highest BCUT2D eigenvalue weighted by Gasteiger charge is 2.08. The smallest absolute Gasteiger partial charge is 0.238 e. The Balaban J connectivity index is 2.05. The Labute approximate surface area is 114 Å². The fraction of sp³-hybridized carbons (Fsp3) is 0.0714. The van der Waals surface area contributed by atoms with Gasteiger partial charge >= 0.3 is 0 Å². The van der Waals surface area contributed by atoms with E-state index in [4.69, 9.17) is 5.26 Å². The van der Waals surface area contributed by atoms with Gasteiger partial charge in [0.15, 0.2) is 6.19 Å². The summed E-state index contributed by atoms with van der Waals surface area (Å²) in [6, 6.07) is 8.25. The topological polar surface area (TPSA) is 52.8 Å². The largest absolute Gasteiger partial charge is 0.250 e. The van der Waals surface area contributed by atoms with E-state index in [0.717, 1.165) is 11.1 Å². The van der Waals surface area contributed by atoms with Crippen molar-refractivity contribution in [2.24, 2.45) is 0 Å². The van der Waals surface area contributed by atoms with Crippen molar-refractivity contribution < 1.29 is 0 Å². The molecule has 0 amide bonds. The molecule has 0 bridgehead atoms. The summed E-state index contributed by atoms with van der Waals surface area (Å²) in [5.74, 6) is 0.408. The molecular weight excluding hydrogens is 256 g/mol. The van der Waals surface area contributed by atoms with E-state index in [0.29, 0.717) is 5.95 Å². The summed E-state index contributed by atoms with van der Waals surface area (Å²) in [7, 11) is 1.63. The van der Waals surface area contributed by atoms with Crippen molar-refractivity contribution in [1.29, 1.82) is 5.26 Å². The first-order valence-electron chi connectivity index (χ1n) is 5.71. The highest BCUT2D eigenvalue weighted by Crippen LogP contribution is 2.33. The molecule has 0 atom stereocenters. The maximum atomic E-state index is 8.78. The molecule has 19 heavy (non-hydrogen) atoms. The first-order chi connectivity index (χ1) is 9.29. The lowest BCUT2D eigenvalue weighted by molar-refractivity contribution is 1.05.